The zero-order valence-electron chi connectivity index (χ0n) is 12.2. The van der Waals surface area contributed by atoms with Crippen molar-refractivity contribution in [2.24, 2.45) is 0 Å². The Morgan fingerprint density at radius 2 is 2.14 bits per heavy atom. The van der Waals surface area contributed by atoms with Gasteiger partial charge in [-0.2, -0.15) is 4.31 Å². The van der Waals surface area contributed by atoms with Crippen molar-refractivity contribution in [1.82, 2.24) is 14.3 Å². The normalized spacial score (nSPS) is 19.2. The summed E-state index contributed by atoms with van der Waals surface area (Å²) in [5.74, 6) is 0.524. The molecule has 0 unspecified atom stereocenters. The molecule has 0 N–H and O–H groups in total. The fourth-order valence-electron chi connectivity index (χ4n) is 2.36. The molecule has 0 amide bonds. The minimum Gasteiger partial charge on any atom is -0.473 e. The van der Waals surface area contributed by atoms with E-state index < -0.39 is 10.0 Å². The van der Waals surface area contributed by atoms with Gasteiger partial charge in [0, 0.05) is 31.2 Å². The zero-order valence-corrected chi connectivity index (χ0v) is 13.0. The first-order valence-electron chi connectivity index (χ1n) is 7.05. The molecule has 116 valence electrons. The maximum atomic E-state index is 12.5. The number of hydrogen-bond donors (Lipinski definition) is 0. The third-order valence-electron chi connectivity index (χ3n) is 3.55. The topological polar surface area (TPSA) is 72.4 Å². The van der Waals surface area contributed by atoms with Crippen LogP contribution in [0.5, 0.6) is 5.88 Å². The highest BCUT2D eigenvalue weighted by atomic mass is 32.2. The molecule has 1 aliphatic heterocycles. The van der Waals surface area contributed by atoms with Crippen molar-refractivity contribution in [2.75, 3.05) is 13.1 Å². The molecule has 0 radical (unpaired) electrons. The van der Waals surface area contributed by atoms with Crippen molar-refractivity contribution in [3.63, 3.8) is 0 Å². The summed E-state index contributed by atoms with van der Waals surface area (Å²) in [4.78, 5) is 8.27. The molecule has 3 rings (SSSR count). The molecule has 6 nitrogen and oxygen atoms in total. The third-order valence-corrected chi connectivity index (χ3v) is 5.40. The Labute approximate surface area is 129 Å². The van der Waals surface area contributed by atoms with Crippen LogP contribution in [0.2, 0.25) is 0 Å². The van der Waals surface area contributed by atoms with E-state index in [0.29, 0.717) is 25.4 Å². The molecule has 2 aromatic rings. The fourth-order valence-corrected chi connectivity index (χ4v) is 3.81. The highest BCUT2D eigenvalue weighted by Crippen LogP contribution is 2.23. The summed E-state index contributed by atoms with van der Waals surface area (Å²) >= 11 is 0. The Morgan fingerprint density at radius 3 is 2.82 bits per heavy atom. The summed E-state index contributed by atoms with van der Waals surface area (Å²) in [5, 5.41) is 0. The molecule has 0 aliphatic carbocycles. The standard InChI is InChI=1S/C15H17N3O3S/c1-12-4-5-15(17-9-12)21-13-6-8-18(11-13)22(19,20)14-3-2-7-16-10-14/h2-5,7,9-10,13H,6,8,11H2,1H3/t13-/m1/s1. The van der Waals surface area contributed by atoms with Gasteiger partial charge < -0.3 is 4.74 Å². The van der Waals surface area contributed by atoms with Gasteiger partial charge in [-0.3, -0.25) is 4.98 Å². The molecular formula is C15H17N3O3S. The first kappa shape index (κ1) is 14.9. The van der Waals surface area contributed by atoms with Crippen LogP contribution >= 0.6 is 0 Å². The highest BCUT2D eigenvalue weighted by Gasteiger charge is 2.33. The molecule has 7 heteroatoms. The summed E-state index contributed by atoms with van der Waals surface area (Å²) in [6.07, 6.45) is 5.12. The Kier molecular flexibility index (Phi) is 4.08. The van der Waals surface area contributed by atoms with Crippen LogP contribution in [0, 0.1) is 6.92 Å². The van der Waals surface area contributed by atoms with E-state index in [4.69, 9.17) is 4.74 Å². The van der Waals surface area contributed by atoms with Crippen LogP contribution in [0.15, 0.2) is 47.8 Å². The van der Waals surface area contributed by atoms with Crippen LogP contribution in [0.4, 0.5) is 0 Å². The summed E-state index contributed by atoms with van der Waals surface area (Å²) in [5.41, 5.74) is 1.06. The number of sulfonamides is 1. The maximum Gasteiger partial charge on any atom is 0.244 e. The predicted molar refractivity (Wildman–Crippen MR) is 81.0 cm³/mol. The fraction of sp³-hybridized carbons (Fsp3) is 0.333. The SMILES string of the molecule is Cc1ccc(O[C@@H]2CCN(S(=O)(=O)c3cccnc3)C2)nc1. The molecule has 2 aromatic heterocycles. The van der Waals surface area contributed by atoms with Crippen molar-refractivity contribution in [3.05, 3.63) is 48.4 Å². The largest absolute Gasteiger partial charge is 0.473 e. The minimum absolute atomic E-state index is 0.179. The molecule has 0 bridgehead atoms. The molecule has 0 spiro atoms. The minimum atomic E-state index is -3.50. The van der Waals surface area contributed by atoms with Crippen molar-refractivity contribution in [3.8, 4) is 5.88 Å². The van der Waals surface area contributed by atoms with E-state index >= 15 is 0 Å². The number of pyridine rings is 2. The second-order valence-electron chi connectivity index (χ2n) is 5.25. The number of nitrogens with zero attached hydrogens (tertiary/aromatic N) is 3. The number of aromatic nitrogens is 2. The van der Waals surface area contributed by atoms with Crippen molar-refractivity contribution in [1.29, 1.82) is 0 Å². The summed E-state index contributed by atoms with van der Waals surface area (Å²) in [7, 11) is -3.50. The van der Waals surface area contributed by atoms with Crippen LogP contribution in [0.25, 0.3) is 0 Å². The lowest BCUT2D eigenvalue weighted by atomic mass is 10.3. The monoisotopic (exact) mass is 319 g/mol. The van der Waals surface area contributed by atoms with Crippen LogP contribution in [0.3, 0.4) is 0 Å². The smallest absolute Gasteiger partial charge is 0.244 e. The van der Waals surface area contributed by atoms with E-state index in [2.05, 4.69) is 9.97 Å². The van der Waals surface area contributed by atoms with E-state index in [9.17, 15) is 8.42 Å². The van der Waals surface area contributed by atoms with Crippen molar-refractivity contribution in [2.45, 2.75) is 24.3 Å². The van der Waals surface area contributed by atoms with Gasteiger partial charge >= 0.3 is 0 Å². The third kappa shape index (κ3) is 3.10. The van der Waals surface area contributed by atoms with E-state index in [1.54, 1.807) is 30.6 Å². The zero-order chi connectivity index (χ0) is 15.6. The molecule has 0 aromatic carbocycles. The van der Waals surface area contributed by atoms with Crippen LogP contribution < -0.4 is 4.74 Å². The van der Waals surface area contributed by atoms with Gasteiger partial charge in [-0.1, -0.05) is 6.07 Å². The van der Waals surface area contributed by atoms with Crippen molar-refractivity contribution < 1.29 is 13.2 Å². The predicted octanol–water partition coefficient (Wildman–Crippen LogP) is 1.63. The number of ether oxygens (including phenoxy) is 1. The van der Waals surface area contributed by atoms with E-state index in [1.807, 2.05) is 13.0 Å². The van der Waals surface area contributed by atoms with Gasteiger partial charge in [0.05, 0.1) is 6.54 Å². The van der Waals surface area contributed by atoms with Gasteiger partial charge in [0.2, 0.25) is 15.9 Å². The highest BCUT2D eigenvalue weighted by molar-refractivity contribution is 7.89. The molecule has 1 aliphatic rings. The molecule has 1 atom stereocenters. The second kappa shape index (κ2) is 6.02. The lowest BCUT2D eigenvalue weighted by molar-refractivity contribution is 0.207. The molecule has 0 saturated carbocycles. The number of rotatable bonds is 4. The van der Waals surface area contributed by atoms with E-state index in [0.717, 1.165) is 5.56 Å². The Bertz CT molecular complexity index is 732. The van der Waals surface area contributed by atoms with Gasteiger partial charge in [-0.15, -0.1) is 0 Å². The Morgan fingerprint density at radius 1 is 1.27 bits per heavy atom. The van der Waals surface area contributed by atoms with Gasteiger partial charge in [-0.25, -0.2) is 13.4 Å². The Balaban J connectivity index is 1.68. The molecule has 22 heavy (non-hydrogen) atoms. The lowest BCUT2D eigenvalue weighted by Gasteiger charge is -2.16. The summed E-state index contributed by atoms with van der Waals surface area (Å²) in [6, 6.07) is 6.89. The van der Waals surface area contributed by atoms with Crippen LogP contribution in [0.1, 0.15) is 12.0 Å². The first-order chi connectivity index (χ1) is 10.6. The van der Waals surface area contributed by atoms with E-state index in [-0.39, 0.29) is 11.0 Å². The summed E-state index contributed by atoms with van der Waals surface area (Å²) < 4.78 is 32.2. The molecule has 1 fully saturated rings. The second-order valence-corrected chi connectivity index (χ2v) is 7.19. The quantitative estimate of drug-likeness (QED) is 0.856. The number of aryl methyl sites for hydroxylation is 1. The van der Waals surface area contributed by atoms with Gasteiger partial charge in [0.25, 0.3) is 0 Å². The van der Waals surface area contributed by atoms with Crippen LogP contribution in [-0.4, -0.2) is 41.9 Å². The van der Waals surface area contributed by atoms with Gasteiger partial charge in [-0.05, 0) is 31.0 Å². The molecule has 3 heterocycles. The molecular weight excluding hydrogens is 302 g/mol. The van der Waals surface area contributed by atoms with Crippen LogP contribution in [-0.2, 0) is 10.0 Å². The number of hydrogen-bond acceptors (Lipinski definition) is 5. The average Bonchev–Trinajstić information content (AvgIpc) is 3.00. The summed E-state index contributed by atoms with van der Waals surface area (Å²) in [6.45, 7) is 2.72. The Hall–Kier alpha value is -1.99. The van der Waals surface area contributed by atoms with Crippen molar-refractivity contribution >= 4 is 10.0 Å². The van der Waals surface area contributed by atoms with Gasteiger partial charge in [0.1, 0.15) is 11.0 Å². The van der Waals surface area contributed by atoms with E-state index in [1.165, 1.54) is 10.5 Å². The lowest BCUT2D eigenvalue weighted by Crippen LogP contribution is -2.31. The average molecular weight is 319 g/mol. The van der Waals surface area contributed by atoms with Gasteiger partial charge in [0.15, 0.2) is 0 Å². The maximum absolute atomic E-state index is 12.5. The molecule has 1 saturated heterocycles. The first-order valence-corrected chi connectivity index (χ1v) is 8.49.